The molecule has 2 aliphatic heterocycles. The first-order valence-corrected chi connectivity index (χ1v) is 8.44. The number of carbonyl (C=O) groups is 2. The Morgan fingerprint density at radius 2 is 1.62 bits per heavy atom. The van der Waals surface area contributed by atoms with E-state index in [1.54, 1.807) is 0 Å². The lowest BCUT2D eigenvalue weighted by atomic mass is 9.78. The lowest BCUT2D eigenvalue weighted by Gasteiger charge is -2.34. The molecule has 0 aromatic heterocycles. The average molecular weight is 294 g/mol. The van der Waals surface area contributed by atoms with Crippen molar-refractivity contribution in [2.45, 2.75) is 63.5 Å². The first-order chi connectivity index (χ1) is 10.2. The van der Waals surface area contributed by atoms with E-state index in [1.165, 1.54) is 12.8 Å². The van der Waals surface area contributed by atoms with Gasteiger partial charge in [-0.1, -0.05) is 19.3 Å². The summed E-state index contributed by atoms with van der Waals surface area (Å²) in [4.78, 5) is 26.4. The zero-order chi connectivity index (χ0) is 14.8. The number of rotatable bonds is 3. The molecule has 0 spiro atoms. The van der Waals surface area contributed by atoms with Gasteiger partial charge in [-0.05, 0) is 38.6 Å². The van der Waals surface area contributed by atoms with Gasteiger partial charge in [-0.25, -0.2) is 0 Å². The average Bonchev–Trinajstić information content (AvgIpc) is 2.90. The first-order valence-electron chi connectivity index (χ1n) is 8.44. The molecule has 4 atom stereocenters. The van der Waals surface area contributed by atoms with E-state index in [4.69, 9.17) is 0 Å². The fourth-order valence-electron chi connectivity index (χ4n) is 4.45. The number of piperidine rings is 1. The maximum absolute atomic E-state index is 12.6. The molecule has 1 aliphatic carbocycles. The third kappa shape index (κ3) is 3.07. The molecule has 0 aromatic carbocycles. The van der Waals surface area contributed by atoms with E-state index in [2.05, 4.69) is 10.2 Å². The largest absolute Gasteiger partial charge is 0.481 e. The van der Waals surface area contributed by atoms with Crippen molar-refractivity contribution in [1.29, 1.82) is 0 Å². The summed E-state index contributed by atoms with van der Waals surface area (Å²) < 4.78 is 0. The van der Waals surface area contributed by atoms with E-state index in [0.29, 0.717) is 12.5 Å². The predicted octanol–water partition coefficient (Wildman–Crippen LogP) is 1.62. The Morgan fingerprint density at radius 1 is 0.905 bits per heavy atom. The number of aliphatic carboxylic acids is 1. The highest BCUT2D eigenvalue weighted by molar-refractivity contribution is 5.85. The van der Waals surface area contributed by atoms with Crippen LogP contribution in [0.2, 0.25) is 0 Å². The van der Waals surface area contributed by atoms with Crippen LogP contribution in [0.4, 0.5) is 0 Å². The monoisotopic (exact) mass is 294 g/mol. The van der Waals surface area contributed by atoms with E-state index >= 15 is 0 Å². The Morgan fingerprint density at radius 3 is 2.38 bits per heavy atom. The standard InChI is InChI=1S/C16H26N2O3/c19-15(11-5-1-2-6-12(11)16(20)21)17-13-8-10-18-9-4-3-7-14(13)18/h11-14H,1-10H2,(H,17,19)(H,20,21). The SMILES string of the molecule is O=C(O)C1CCCCC1C(=O)NC1CCN2CCCCC12. The van der Waals surface area contributed by atoms with E-state index < -0.39 is 11.9 Å². The number of nitrogens with one attached hydrogen (secondary N) is 1. The number of carboxylic acids is 1. The topological polar surface area (TPSA) is 69.6 Å². The Balaban J connectivity index is 1.61. The molecule has 118 valence electrons. The smallest absolute Gasteiger partial charge is 0.307 e. The second kappa shape index (κ2) is 6.34. The van der Waals surface area contributed by atoms with Crippen molar-refractivity contribution in [3.8, 4) is 0 Å². The van der Waals surface area contributed by atoms with Crippen LogP contribution in [-0.2, 0) is 9.59 Å². The number of nitrogens with zero attached hydrogens (tertiary/aromatic N) is 1. The predicted molar refractivity (Wildman–Crippen MR) is 78.8 cm³/mol. The van der Waals surface area contributed by atoms with Gasteiger partial charge in [0.15, 0.2) is 0 Å². The van der Waals surface area contributed by atoms with Crippen LogP contribution < -0.4 is 5.32 Å². The lowest BCUT2D eigenvalue weighted by molar-refractivity contribution is -0.149. The highest BCUT2D eigenvalue weighted by atomic mass is 16.4. The van der Waals surface area contributed by atoms with Crippen LogP contribution in [0, 0.1) is 11.8 Å². The molecule has 0 aromatic rings. The minimum atomic E-state index is -0.805. The van der Waals surface area contributed by atoms with Crippen molar-refractivity contribution >= 4 is 11.9 Å². The van der Waals surface area contributed by atoms with Crippen LogP contribution >= 0.6 is 0 Å². The summed E-state index contributed by atoms with van der Waals surface area (Å²) in [5.41, 5.74) is 0. The third-order valence-electron chi connectivity index (χ3n) is 5.60. The highest BCUT2D eigenvalue weighted by Crippen LogP contribution is 2.32. The van der Waals surface area contributed by atoms with Gasteiger partial charge in [0.05, 0.1) is 11.8 Å². The van der Waals surface area contributed by atoms with Crippen molar-refractivity contribution in [3.05, 3.63) is 0 Å². The molecule has 21 heavy (non-hydrogen) atoms. The van der Waals surface area contributed by atoms with E-state index in [1.807, 2.05) is 0 Å². The number of fused-ring (bicyclic) bond motifs is 1. The summed E-state index contributed by atoms with van der Waals surface area (Å²) >= 11 is 0. The van der Waals surface area contributed by atoms with Gasteiger partial charge < -0.3 is 10.4 Å². The fraction of sp³-hybridized carbons (Fsp3) is 0.875. The Labute approximate surface area is 126 Å². The molecule has 0 bridgehead atoms. The number of hydrogen-bond donors (Lipinski definition) is 2. The molecule has 0 radical (unpaired) electrons. The second-order valence-electron chi connectivity index (χ2n) is 6.84. The molecule has 2 saturated heterocycles. The second-order valence-corrected chi connectivity index (χ2v) is 6.84. The third-order valence-corrected chi connectivity index (χ3v) is 5.60. The zero-order valence-electron chi connectivity index (χ0n) is 12.6. The number of hydrogen-bond acceptors (Lipinski definition) is 3. The summed E-state index contributed by atoms with van der Waals surface area (Å²) in [6.45, 7) is 2.22. The molecular weight excluding hydrogens is 268 g/mol. The van der Waals surface area contributed by atoms with Gasteiger partial charge in [0, 0.05) is 18.6 Å². The quantitative estimate of drug-likeness (QED) is 0.830. The summed E-state index contributed by atoms with van der Waals surface area (Å²) in [5.74, 6) is -1.63. The molecule has 4 unspecified atom stereocenters. The van der Waals surface area contributed by atoms with E-state index in [-0.39, 0.29) is 17.9 Å². The van der Waals surface area contributed by atoms with Gasteiger partial charge >= 0.3 is 5.97 Å². The Hall–Kier alpha value is -1.10. The van der Waals surface area contributed by atoms with Gasteiger partial charge in [-0.2, -0.15) is 0 Å². The molecule has 2 N–H and O–H groups in total. The number of amides is 1. The van der Waals surface area contributed by atoms with Crippen LogP contribution in [0.3, 0.4) is 0 Å². The van der Waals surface area contributed by atoms with Crippen LogP contribution in [0.5, 0.6) is 0 Å². The van der Waals surface area contributed by atoms with Gasteiger partial charge in [-0.3, -0.25) is 14.5 Å². The van der Waals surface area contributed by atoms with Crippen molar-refractivity contribution in [3.63, 3.8) is 0 Å². The molecule has 3 aliphatic rings. The summed E-state index contributed by atoms with van der Waals surface area (Å²) in [6, 6.07) is 0.712. The molecule has 5 nitrogen and oxygen atoms in total. The lowest BCUT2D eigenvalue weighted by Crippen LogP contribution is -2.50. The van der Waals surface area contributed by atoms with Gasteiger partial charge in [0.1, 0.15) is 0 Å². The summed E-state index contributed by atoms with van der Waals surface area (Å²) in [6.07, 6.45) is 7.97. The molecule has 3 rings (SSSR count). The van der Waals surface area contributed by atoms with E-state index in [9.17, 15) is 14.7 Å². The van der Waals surface area contributed by atoms with Crippen molar-refractivity contribution in [2.75, 3.05) is 13.1 Å². The van der Waals surface area contributed by atoms with E-state index in [0.717, 1.165) is 45.2 Å². The molecule has 3 fully saturated rings. The summed E-state index contributed by atoms with van der Waals surface area (Å²) in [7, 11) is 0. The van der Waals surface area contributed by atoms with Gasteiger partial charge in [-0.15, -0.1) is 0 Å². The maximum atomic E-state index is 12.6. The van der Waals surface area contributed by atoms with Crippen LogP contribution in [0.1, 0.15) is 51.4 Å². The number of carboxylic acid groups (broad SMARTS) is 1. The van der Waals surface area contributed by atoms with Crippen LogP contribution in [-0.4, -0.2) is 47.1 Å². The van der Waals surface area contributed by atoms with Gasteiger partial charge in [0.25, 0.3) is 0 Å². The molecule has 5 heteroatoms. The van der Waals surface area contributed by atoms with Crippen LogP contribution in [0.25, 0.3) is 0 Å². The van der Waals surface area contributed by atoms with Crippen molar-refractivity contribution in [2.24, 2.45) is 11.8 Å². The Kier molecular flexibility index (Phi) is 4.48. The molecule has 2 heterocycles. The fourth-order valence-corrected chi connectivity index (χ4v) is 4.45. The Bertz CT molecular complexity index is 412. The maximum Gasteiger partial charge on any atom is 0.307 e. The minimum Gasteiger partial charge on any atom is -0.481 e. The van der Waals surface area contributed by atoms with Gasteiger partial charge in [0.2, 0.25) is 5.91 Å². The normalized spacial score (nSPS) is 37.0. The van der Waals surface area contributed by atoms with Crippen molar-refractivity contribution < 1.29 is 14.7 Å². The summed E-state index contributed by atoms with van der Waals surface area (Å²) in [5, 5.41) is 12.5. The molecular formula is C16H26N2O3. The highest BCUT2D eigenvalue weighted by Gasteiger charge is 2.40. The molecule has 1 amide bonds. The number of carbonyl (C=O) groups excluding carboxylic acids is 1. The zero-order valence-corrected chi connectivity index (χ0v) is 12.6. The first kappa shape index (κ1) is 14.8. The van der Waals surface area contributed by atoms with Crippen LogP contribution in [0.15, 0.2) is 0 Å². The minimum absolute atomic E-state index is 0.0143. The van der Waals surface area contributed by atoms with Crippen molar-refractivity contribution in [1.82, 2.24) is 10.2 Å². The molecule has 1 saturated carbocycles.